The Balaban J connectivity index is 2.83. The lowest BCUT2D eigenvalue weighted by Crippen LogP contribution is -2.43. The number of aryl methyl sites for hydroxylation is 3. The Bertz CT molecular complexity index is 358. The summed E-state index contributed by atoms with van der Waals surface area (Å²) in [5.41, 5.74) is 5.50. The lowest BCUT2D eigenvalue weighted by atomic mass is 9.97. The van der Waals surface area contributed by atoms with Gasteiger partial charge in [-0.25, -0.2) is 0 Å². The molecule has 0 aliphatic carbocycles. The number of alkyl halides is 1. The van der Waals surface area contributed by atoms with Crippen LogP contribution in [0, 0.1) is 20.8 Å². The van der Waals surface area contributed by atoms with Gasteiger partial charge >= 0.3 is 0 Å². The lowest BCUT2D eigenvalue weighted by Gasteiger charge is -2.28. The minimum absolute atomic E-state index is 0.0331. The molecular formula is C15H24ClN. The van der Waals surface area contributed by atoms with Crippen molar-refractivity contribution in [3.63, 3.8) is 0 Å². The molecule has 0 saturated heterocycles. The van der Waals surface area contributed by atoms with Crippen LogP contribution < -0.4 is 5.32 Å². The van der Waals surface area contributed by atoms with Gasteiger partial charge in [0.1, 0.15) is 0 Å². The van der Waals surface area contributed by atoms with Gasteiger partial charge in [-0.2, -0.15) is 0 Å². The number of hydrogen-bond donors (Lipinski definition) is 1. The van der Waals surface area contributed by atoms with Gasteiger partial charge in [-0.1, -0.05) is 24.6 Å². The molecular weight excluding hydrogens is 230 g/mol. The van der Waals surface area contributed by atoms with Gasteiger partial charge in [0.15, 0.2) is 0 Å². The molecule has 1 aromatic carbocycles. The smallest absolute Gasteiger partial charge is 0.0403 e. The van der Waals surface area contributed by atoms with Crippen LogP contribution in [0.15, 0.2) is 12.1 Å². The third-order valence-electron chi connectivity index (χ3n) is 3.61. The molecule has 0 saturated carbocycles. The number of hydrogen-bond acceptors (Lipinski definition) is 1. The quantitative estimate of drug-likeness (QED) is 0.779. The molecule has 0 fully saturated rings. The van der Waals surface area contributed by atoms with Gasteiger partial charge in [0, 0.05) is 18.0 Å². The van der Waals surface area contributed by atoms with Crippen molar-refractivity contribution in [2.45, 2.75) is 53.1 Å². The minimum atomic E-state index is 0.0331. The normalized spacial score (nSPS) is 14.7. The number of halogens is 1. The zero-order valence-electron chi connectivity index (χ0n) is 11.7. The summed E-state index contributed by atoms with van der Waals surface area (Å²) < 4.78 is 0. The Hall–Kier alpha value is -0.530. The zero-order valence-corrected chi connectivity index (χ0v) is 12.4. The molecule has 0 heterocycles. The second kappa shape index (κ2) is 5.88. The average Bonchev–Trinajstić information content (AvgIpc) is 2.27. The fourth-order valence-corrected chi connectivity index (χ4v) is 2.34. The summed E-state index contributed by atoms with van der Waals surface area (Å²) in [5, 5.41) is 3.58. The summed E-state index contributed by atoms with van der Waals surface area (Å²) in [7, 11) is 0. The summed E-state index contributed by atoms with van der Waals surface area (Å²) in [5.74, 6) is 0.646. The van der Waals surface area contributed by atoms with E-state index in [1.807, 2.05) is 0 Å². The average molecular weight is 254 g/mol. The van der Waals surface area contributed by atoms with Gasteiger partial charge < -0.3 is 5.32 Å². The number of benzene rings is 1. The van der Waals surface area contributed by atoms with Gasteiger partial charge in [-0.3, -0.25) is 0 Å². The molecule has 1 atom stereocenters. The SMILES string of the molecule is CCC(C)(CCl)NCc1c(C)cc(C)cc1C. The maximum absolute atomic E-state index is 6.02. The molecule has 0 bridgehead atoms. The van der Waals surface area contributed by atoms with E-state index >= 15 is 0 Å². The molecule has 0 aromatic heterocycles. The predicted molar refractivity (Wildman–Crippen MR) is 76.9 cm³/mol. The van der Waals surface area contributed by atoms with Gasteiger partial charge in [-0.15, -0.1) is 11.6 Å². The van der Waals surface area contributed by atoms with E-state index in [-0.39, 0.29) is 5.54 Å². The molecule has 0 aliphatic heterocycles. The van der Waals surface area contributed by atoms with Crippen LogP contribution in [0.4, 0.5) is 0 Å². The maximum atomic E-state index is 6.02. The second-order valence-corrected chi connectivity index (χ2v) is 5.55. The molecule has 0 spiro atoms. The van der Waals surface area contributed by atoms with E-state index in [2.05, 4.69) is 52.1 Å². The van der Waals surface area contributed by atoms with E-state index in [1.54, 1.807) is 0 Å². The Labute approximate surface area is 111 Å². The summed E-state index contributed by atoms with van der Waals surface area (Å²) in [6.45, 7) is 11.8. The van der Waals surface area contributed by atoms with E-state index in [0.717, 1.165) is 13.0 Å². The van der Waals surface area contributed by atoms with E-state index in [9.17, 15) is 0 Å². The number of nitrogens with one attached hydrogen (secondary N) is 1. The summed E-state index contributed by atoms with van der Waals surface area (Å²) in [6, 6.07) is 4.49. The summed E-state index contributed by atoms with van der Waals surface area (Å²) in [4.78, 5) is 0. The first-order chi connectivity index (χ1) is 7.91. The van der Waals surface area contributed by atoms with Crippen molar-refractivity contribution in [3.8, 4) is 0 Å². The summed E-state index contributed by atoms with van der Waals surface area (Å²) >= 11 is 6.02. The highest BCUT2D eigenvalue weighted by Gasteiger charge is 2.20. The topological polar surface area (TPSA) is 12.0 Å². The van der Waals surface area contributed by atoms with Crippen molar-refractivity contribution in [3.05, 3.63) is 34.4 Å². The first kappa shape index (κ1) is 14.5. The van der Waals surface area contributed by atoms with E-state index in [1.165, 1.54) is 22.3 Å². The zero-order chi connectivity index (χ0) is 13.1. The molecule has 0 aliphatic rings. The van der Waals surface area contributed by atoms with Crippen LogP contribution in [-0.4, -0.2) is 11.4 Å². The number of rotatable bonds is 5. The highest BCUT2D eigenvalue weighted by molar-refractivity contribution is 6.18. The Kier molecular flexibility index (Phi) is 5.03. The highest BCUT2D eigenvalue weighted by atomic mass is 35.5. The van der Waals surface area contributed by atoms with Gasteiger partial charge in [0.2, 0.25) is 0 Å². The fraction of sp³-hybridized carbons (Fsp3) is 0.600. The predicted octanol–water partition coefficient (Wildman–Crippen LogP) is 4.11. The molecule has 0 amide bonds. The molecule has 1 rings (SSSR count). The molecule has 1 N–H and O–H groups in total. The Morgan fingerprint density at radius 3 is 2.12 bits per heavy atom. The molecule has 96 valence electrons. The van der Waals surface area contributed by atoms with Crippen LogP contribution in [0.1, 0.15) is 42.5 Å². The van der Waals surface area contributed by atoms with Crippen LogP contribution in [0.3, 0.4) is 0 Å². The Morgan fingerprint density at radius 2 is 1.71 bits per heavy atom. The fourth-order valence-electron chi connectivity index (χ4n) is 2.06. The van der Waals surface area contributed by atoms with Gasteiger partial charge in [-0.05, 0) is 50.8 Å². The highest BCUT2D eigenvalue weighted by Crippen LogP contribution is 2.18. The molecule has 1 nitrogen and oxygen atoms in total. The second-order valence-electron chi connectivity index (χ2n) is 5.28. The van der Waals surface area contributed by atoms with Gasteiger partial charge in [0.25, 0.3) is 0 Å². The standard InChI is InChI=1S/C15H24ClN/c1-6-15(5,10-16)17-9-14-12(3)7-11(2)8-13(14)4/h7-8,17H,6,9-10H2,1-5H3. The summed E-state index contributed by atoms with van der Waals surface area (Å²) in [6.07, 6.45) is 1.04. The third-order valence-corrected chi connectivity index (χ3v) is 4.20. The molecule has 0 radical (unpaired) electrons. The first-order valence-electron chi connectivity index (χ1n) is 6.29. The minimum Gasteiger partial charge on any atom is -0.306 e. The van der Waals surface area contributed by atoms with Crippen molar-refractivity contribution >= 4 is 11.6 Å². The van der Waals surface area contributed by atoms with Crippen molar-refractivity contribution < 1.29 is 0 Å². The van der Waals surface area contributed by atoms with Crippen LogP contribution in [-0.2, 0) is 6.54 Å². The van der Waals surface area contributed by atoms with E-state index in [0.29, 0.717) is 5.88 Å². The third kappa shape index (κ3) is 3.72. The molecule has 17 heavy (non-hydrogen) atoms. The Morgan fingerprint density at radius 1 is 1.18 bits per heavy atom. The van der Waals surface area contributed by atoms with Crippen LogP contribution in [0.5, 0.6) is 0 Å². The lowest BCUT2D eigenvalue weighted by molar-refractivity contribution is 0.379. The maximum Gasteiger partial charge on any atom is 0.0403 e. The van der Waals surface area contributed by atoms with Crippen LogP contribution in [0.25, 0.3) is 0 Å². The van der Waals surface area contributed by atoms with E-state index in [4.69, 9.17) is 11.6 Å². The van der Waals surface area contributed by atoms with Crippen LogP contribution >= 0.6 is 11.6 Å². The van der Waals surface area contributed by atoms with Crippen molar-refractivity contribution in [1.29, 1.82) is 0 Å². The van der Waals surface area contributed by atoms with Crippen LogP contribution in [0.2, 0.25) is 0 Å². The monoisotopic (exact) mass is 253 g/mol. The van der Waals surface area contributed by atoms with Crippen molar-refractivity contribution in [2.75, 3.05) is 5.88 Å². The van der Waals surface area contributed by atoms with Crippen molar-refractivity contribution in [1.82, 2.24) is 5.32 Å². The van der Waals surface area contributed by atoms with E-state index < -0.39 is 0 Å². The molecule has 1 unspecified atom stereocenters. The van der Waals surface area contributed by atoms with Gasteiger partial charge in [0.05, 0.1) is 0 Å². The van der Waals surface area contributed by atoms with Crippen molar-refractivity contribution in [2.24, 2.45) is 0 Å². The first-order valence-corrected chi connectivity index (χ1v) is 6.83. The molecule has 1 aromatic rings. The largest absolute Gasteiger partial charge is 0.306 e. The molecule has 2 heteroatoms.